The predicted octanol–water partition coefficient (Wildman–Crippen LogP) is 6.12. The van der Waals surface area contributed by atoms with Crippen LogP contribution in [0.15, 0.2) is 66.7 Å². The number of hydrogen-bond acceptors (Lipinski definition) is 5. The standard InChI is InChI=1S/C26H23ClO6/c27-22-15-21-20(26(29)30)12-14-32-24(21)16-25(22)33-19-10-8-17(9-11-19)23(28)7-4-13-31-18-5-2-1-3-6-18/h1-3,5-6,8-11,15-16,20H,4,7,12-14H2,(H,29,30). The van der Waals surface area contributed by atoms with Gasteiger partial charge in [0, 0.05) is 23.6 Å². The van der Waals surface area contributed by atoms with E-state index in [4.69, 9.17) is 25.8 Å². The van der Waals surface area contributed by atoms with Crippen LogP contribution < -0.4 is 14.2 Å². The Bertz CT molecular complexity index is 1130. The molecule has 0 radical (unpaired) electrons. The molecule has 170 valence electrons. The Balaban J connectivity index is 1.35. The maximum Gasteiger partial charge on any atom is 0.311 e. The molecule has 0 fully saturated rings. The van der Waals surface area contributed by atoms with E-state index in [1.165, 1.54) is 0 Å². The van der Waals surface area contributed by atoms with Gasteiger partial charge in [0.2, 0.25) is 0 Å². The summed E-state index contributed by atoms with van der Waals surface area (Å²) in [5, 5.41) is 9.70. The zero-order valence-electron chi connectivity index (χ0n) is 17.8. The highest BCUT2D eigenvalue weighted by Crippen LogP contribution is 2.41. The largest absolute Gasteiger partial charge is 0.494 e. The lowest BCUT2D eigenvalue weighted by Gasteiger charge is -2.24. The number of para-hydroxylation sites is 1. The lowest BCUT2D eigenvalue weighted by Crippen LogP contribution is -2.20. The monoisotopic (exact) mass is 466 g/mol. The van der Waals surface area contributed by atoms with Gasteiger partial charge in [-0.15, -0.1) is 0 Å². The van der Waals surface area contributed by atoms with Crippen LogP contribution in [0.5, 0.6) is 23.0 Å². The molecule has 3 aromatic carbocycles. The van der Waals surface area contributed by atoms with Crippen LogP contribution in [-0.4, -0.2) is 30.1 Å². The van der Waals surface area contributed by atoms with E-state index < -0.39 is 11.9 Å². The minimum atomic E-state index is -0.906. The second-order valence-corrected chi connectivity index (χ2v) is 8.07. The highest BCUT2D eigenvalue weighted by atomic mass is 35.5. The first-order valence-electron chi connectivity index (χ1n) is 10.7. The van der Waals surface area contributed by atoms with Crippen molar-refractivity contribution in [3.8, 4) is 23.0 Å². The second-order valence-electron chi connectivity index (χ2n) is 7.66. The van der Waals surface area contributed by atoms with Crippen LogP contribution in [0, 0.1) is 0 Å². The van der Waals surface area contributed by atoms with Gasteiger partial charge in [-0.25, -0.2) is 0 Å². The SMILES string of the molecule is O=C(CCCOc1ccccc1)c1ccc(Oc2cc3c(cc2Cl)C(C(=O)O)CCO3)cc1. The lowest BCUT2D eigenvalue weighted by molar-refractivity contribution is -0.139. The van der Waals surface area contributed by atoms with Gasteiger partial charge in [0.05, 0.1) is 24.2 Å². The van der Waals surface area contributed by atoms with Crippen LogP contribution >= 0.6 is 11.6 Å². The fraction of sp³-hybridized carbons (Fsp3) is 0.231. The van der Waals surface area contributed by atoms with Gasteiger partial charge in [-0.05, 0) is 55.3 Å². The predicted molar refractivity (Wildman–Crippen MR) is 124 cm³/mol. The van der Waals surface area contributed by atoms with Crippen molar-refractivity contribution in [3.63, 3.8) is 0 Å². The van der Waals surface area contributed by atoms with Crippen molar-refractivity contribution in [1.82, 2.24) is 0 Å². The molecule has 4 rings (SSSR count). The average molecular weight is 467 g/mol. The van der Waals surface area contributed by atoms with Crippen molar-refractivity contribution in [2.24, 2.45) is 0 Å². The minimum Gasteiger partial charge on any atom is -0.494 e. The molecule has 0 aromatic heterocycles. The molecule has 0 spiro atoms. The second kappa shape index (κ2) is 10.4. The molecule has 1 aliphatic rings. The molecule has 1 atom stereocenters. The van der Waals surface area contributed by atoms with E-state index in [2.05, 4.69) is 0 Å². The van der Waals surface area contributed by atoms with E-state index in [0.717, 1.165) is 5.75 Å². The Morgan fingerprint density at radius 2 is 1.79 bits per heavy atom. The third-order valence-electron chi connectivity index (χ3n) is 5.37. The number of fused-ring (bicyclic) bond motifs is 1. The van der Waals surface area contributed by atoms with Crippen LogP contribution in [0.1, 0.15) is 41.1 Å². The number of carbonyl (C=O) groups is 2. The van der Waals surface area contributed by atoms with Gasteiger partial charge in [0.25, 0.3) is 0 Å². The van der Waals surface area contributed by atoms with Crippen molar-refractivity contribution in [2.75, 3.05) is 13.2 Å². The van der Waals surface area contributed by atoms with Crippen molar-refractivity contribution in [1.29, 1.82) is 0 Å². The number of halogens is 1. The van der Waals surface area contributed by atoms with Crippen LogP contribution in [0.2, 0.25) is 5.02 Å². The molecule has 1 heterocycles. The molecule has 1 unspecified atom stereocenters. The van der Waals surface area contributed by atoms with E-state index >= 15 is 0 Å². The quantitative estimate of drug-likeness (QED) is 0.302. The topological polar surface area (TPSA) is 82.1 Å². The van der Waals surface area contributed by atoms with Gasteiger partial charge < -0.3 is 19.3 Å². The molecule has 0 saturated carbocycles. The van der Waals surface area contributed by atoms with Crippen molar-refractivity contribution in [3.05, 3.63) is 82.9 Å². The summed E-state index contributed by atoms with van der Waals surface area (Å²) in [4.78, 5) is 23.9. The Morgan fingerprint density at radius 1 is 1.03 bits per heavy atom. The number of ketones is 1. The van der Waals surface area contributed by atoms with Gasteiger partial charge in [-0.1, -0.05) is 29.8 Å². The number of ether oxygens (including phenoxy) is 3. The molecule has 0 amide bonds. The maximum absolute atomic E-state index is 12.4. The Labute approximate surface area is 196 Å². The summed E-state index contributed by atoms with van der Waals surface area (Å²) in [5.41, 5.74) is 1.13. The van der Waals surface area contributed by atoms with Crippen molar-refractivity contribution < 1.29 is 28.9 Å². The first-order valence-corrected chi connectivity index (χ1v) is 11.1. The van der Waals surface area contributed by atoms with E-state index in [9.17, 15) is 14.7 Å². The zero-order chi connectivity index (χ0) is 23.2. The van der Waals surface area contributed by atoms with Crippen LogP contribution in [0.3, 0.4) is 0 Å². The number of carboxylic acids is 1. The van der Waals surface area contributed by atoms with Gasteiger partial charge in [0.15, 0.2) is 5.78 Å². The molecular weight excluding hydrogens is 444 g/mol. The minimum absolute atomic E-state index is 0.0261. The first kappa shape index (κ1) is 22.7. The summed E-state index contributed by atoms with van der Waals surface area (Å²) >= 11 is 6.34. The van der Waals surface area contributed by atoms with Gasteiger partial charge in [-0.3, -0.25) is 9.59 Å². The molecule has 6 nitrogen and oxygen atoms in total. The van der Waals surface area contributed by atoms with E-state index in [-0.39, 0.29) is 5.78 Å². The highest BCUT2D eigenvalue weighted by Gasteiger charge is 2.29. The van der Waals surface area contributed by atoms with Crippen LogP contribution in [0.4, 0.5) is 0 Å². The van der Waals surface area contributed by atoms with Gasteiger partial charge in [0.1, 0.15) is 23.0 Å². The molecule has 1 N–H and O–H groups in total. The van der Waals surface area contributed by atoms with Gasteiger partial charge >= 0.3 is 5.97 Å². The summed E-state index contributed by atoms with van der Waals surface area (Å²) < 4.78 is 17.1. The van der Waals surface area contributed by atoms with E-state index in [1.807, 2.05) is 30.3 Å². The molecule has 0 bridgehead atoms. The zero-order valence-corrected chi connectivity index (χ0v) is 18.6. The van der Waals surface area contributed by atoms with Crippen LogP contribution in [-0.2, 0) is 4.79 Å². The Hall–Kier alpha value is -3.51. The summed E-state index contributed by atoms with van der Waals surface area (Å²) in [6.45, 7) is 0.789. The smallest absolute Gasteiger partial charge is 0.311 e. The number of Topliss-reactive ketones (excluding diaryl/α,β-unsaturated/α-hetero) is 1. The summed E-state index contributed by atoms with van der Waals surface area (Å²) in [7, 11) is 0. The number of rotatable bonds is 9. The summed E-state index contributed by atoms with van der Waals surface area (Å²) in [5.74, 6) is 0.580. The molecule has 1 aliphatic heterocycles. The highest BCUT2D eigenvalue weighted by molar-refractivity contribution is 6.32. The number of carbonyl (C=O) groups excluding carboxylic acids is 1. The molecule has 0 saturated heterocycles. The first-order chi connectivity index (χ1) is 16.0. The van der Waals surface area contributed by atoms with Crippen molar-refractivity contribution >= 4 is 23.4 Å². The van der Waals surface area contributed by atoms with Gasteiger partial charge in [-0.2, -0.15) is 0 Å². The third kappa shape index (κ3) is 5.65. The number of carboxylic acid groups (broad SMARTS) is 1. The number of hydrogen-bond donors (Lipinski definition) is 1. The average Bonchev–Trinajstić information content (AvgIpc) is 2.83. The lowest BCUT2D eigenvalue weighted by atomic mass is 9.93. The Morgan fingerprint density at radius 3 is 2.52 bits per heavy atom. The normalized spacial score (nSPS) is 14.6. The fourth-order valence-corrected chi connectivity index (χ4v) is 3.85. The van der Waals surface area contributed by atoms with E-state index in [1.54, 1.807) is 36.4 Å². The molecule has 33 heavy (non-hydrogen) atoms. The van der Waals surface area contributed by atoms with Crippen LogP contribution in [0.25, 0.3) is 0 Å². The molecule has 7 heteroatoms. The number of aliphatic carboxylic acids is 1. The molecule has 0 aliphatic carbocycles. The molecular formula is C26H23ClO6. The van der Waals surface area contributed by atoms with E-state index in [0.29, 0.717) is 65.9 Å². The Kier molecular flexibility index (Phi) is 7.15. The van der Waals surface area contributed by atoms with Crippen molar-refractivity contribution in [2.45, 2.75) is 25.2 Å². The summed E-state index contributed by atoms with van der Waals surface area (Å²) in [6.07, 6.45) is 1.40. The maximum atomic E-state index is 12.4. The summed E-state index contributed by atoms with van der Waals surface area (Å²) in [6, 6.07) is 19.5. The number of benzene rings is 3. The molecule has 3 aromatic rings. The third-order valence-corrected chi connectivity index (χ3v) is 5.66. The fourth-order valence-electron chi connectivity index (χ4n) is 3.64.